The van der Waals surface area contributed by atoms with Crippen LogP contribution in [0.1, 0.15) is 90.0 Å². The zero-order chi connectivity index (χ0) is 21.4. The largest absolute Gasteiger partial charge is 0.490 e. The van der Waals surface area contributed by atoms with E-state index in [0.717, 1.165) is 31.2 Å². The molecule has 0 N–H and O–H groups in total. The first-order valence-electron chi connectivity index (χ1n) is 11.9. The third-order valence-corrected chi connectivity index (χ3v) is 5.48. The van der Waals surface area contributed by atoms with E-state index in [1.165, 1.54) is 44.1 Å². The molecular formula is C26H39FN2O. The normalized spacial score (nSPS) is 12.1. The minimum atomic E-state index is -0.786. The SMILES string of the molecule is CCCCCCCCc1ccc(-c2ncc(OCC[C@@H](F)CCCCC)cn2)cc1. The van der Waals surface area contributed by atoms with Crippen molar-refractivity contribution in [3.63, 3.8) is 0 Å². The molecule has 0 saturated heterocycles. The Morgan fingerprint density at radius 1 is 0.800 bits per heavy atom. The van der Waals surface area contributed by atoms with Crippen LogP contribution in [0.3, 0.4) is 0 Å². The van der Waals surface area contributed by atoms with Crippen LogP contribution >= 0.6 is 0 Å². The van der Waals surface area contributed by atoms with E-state index in [9.17, 15) is 4.39 Å². The van der Waals surface area contributed by atoms with Gasteiger partial charge in [0, 0.05) is 12.0 Å². The van der Waals surface area contributed by atoms with Crippen LogP contribution in [0.2, 0.25) is 0 Å². The highest BCUT2D eigenvalue weighted by molar-refractivity contribution is 5.55. The first-order chi connectivity index (χ1) is 14.7. The van der Waals surface area contributed by atoms with Crippen molar-refractivity contribution in [1.82, 2.24) is 9.97 Å². The first-order valence-corrected chi connectivity index (χ1v) is 11.9. The van der Waals surface area contributed by atoms with Gasteiger partial charge in [0.1, 0.15) is 6.17 Å². The smallest absolute Gasteiger partial charge is 0.159 e. The van der Waals surface area contributed by atoms with Gasteiger partial charge in [-0.25, -0.2) is 14.4 Å². The number of ether oxygens (including phenoxy) is 1. The van der Waals surface area contributed by atoms with Gasteiger partial charge < -0.3 is 4.74 Å². The maximum absolute atomic E-state index is 13.8. The van der Waals surface area contributed by atoms with Gasteiger partial charge in [-0.2, -0.15) is 0 Å². The average Bonchev–Trinajstić information content (AvgIpc) is 2.77. The van der Waals surface area contributed by atoms with E-state index in [-0.39, 0.29) is 0 Å². The summed E-state index contributed by atoms with van der Waals surface area (Å²) in [6, 6.07) is 8.53. The molecule has 1 heterocycles. The van der Waals surface area contributed by atoms with Crippen LogP contribution in [-0.2, 0) is 6.42 Å². The summed E-state index contributed by atoms with van der Waals surface area (Å²) in [4.78, 5) is 8.82. The number of aromatic nitrogens is 2. The summed E-state index contributed by atoms with van der Waals surface area (Å²) in [5.41, 5.74) is 2.38. The predicted octanol–water partition coefficient (Wildman–Crippen LogP) is 7.73. The van der Waals surface area contributed by atoms with Crippen molar-refractivity contribution in [1.29, 1.82) is 0 Å². The molecule has 0 spiro atoms. The molecule has 1 aromatic carbocycles. The van der Waals surface area contributed by atoms with Crippen LogP contribution < -0.4 is 4.74 Å². The summed E-state index contributed by atoms with van der Waals surface area (Å²) in [7, 11) is 0. The van der Waals surface area contributed by atoms with E-state index in [4.69, 9.17) is 4.74 Å². The lowest BCUT2D eigenvalue weighted by Gasteiger charge is -2.09. The lowest BCUT2D eigenvalue weighted by Crippen LogP contribution is -2.08. The maximum Gasteiger partial charge on any atom is 0.159 e. The molecule has 0 saturated carbocycles. The topological polar surface area (TPSA) is 35.0 Å². The van der Waals surface area contributed by atoms with Gasteiger partial charge in [-0.1, -0.05) is 89.5 Å². The number of rotatable bonds is 16. The van der Waals surface area contributed by atoms with Crippen LogP contribution in [0, 0.1) is 0 Å². The zero-order valence-corrected chi connectivity index (χ0v) is 18.9. The van der Waals surface area contributed by atoms with Gasteiger partial charge in [-0.3, -0.25) is 0 Å². The highest BCUT2D eigenvalue weighted by Crippen LogP contribution is 2.19. The second-order valence-corrected chi connectivity index (χ2v) is 8.19. The molecule has 2 rings (SSSR count). The fraction of sp³-hybridized carbons (Fsp3) is 0.615. The Labute approximate surface area is 182 Å². The minimum Gasteiger partial charge on any atom is -0.490 e. The molecule has 0 amide bonds. The number of benzene rings is 1. The fourth-order valence-electron chi connectivity index (χ4n) is 3.53. The van der Waals surface area contributed by atoms with Crippen molar-refractivity contribution in [3.05, 3.63) is 42.2 Å². The number of nitrogens with zero attached hydrogens (tertiary/aromatic N) is 2. The molecular weight excluding hydrogens is 375 g/mol. The number of halogens is 1. The van der Waals surface area contributed by atoms with E-state index >= 15 is 0 Å². The molecule has 0 aliphatic carbocycles. The monoisotopic (exact) mass is 414 g/mol. The standard InChI is InChI=1S/C26H39FN2O/c1-3-5-7-8-9-11-12-22-14-16-23(17-15-22)26-28-20-25(21-29-26)30-19-18-24(27)13-10-6-4-2/h14-17,20-21,24H,3-13,18-19H2,1-2H3/t24-/m0/s1. The molecule has 0 fully saturated rings. The second kappa shape index (κ2) is 14.9. The molecule has 1 atom stereocenters. The lowest BCUT2D eigenvalue weighted by molar-refractivity contribution is 0.222. The highest BCUT2D eigenvalue weighted by Gasteiger charge is 2.07. The summed E-state index contributed by atoms with van der Waals surface area (Å²) >= 11 is 0. The summed E-state index contributed by atoms with van der Waals surface area (Å²) in [5, 5.41) is 0. The Morgan fingerprint density at radius 2 is 1.43 bits per heavy atom. The molecule has 0 radical (unpaired) electrons. The Kier molecular flexibility index (Phi) is 12.1. The van der Waals surface area contributed by atoms with Crippen molar-refractivity contribution < 1.29 is 9.13 Å². The quantitative estimate of drug-likeness (QED) is 0.264. The minimum absolute atomic E-state index is 0.364. The van der Waals surface area contributed by atoms with Crippen molar-refractivity contribution in [2.75, 3.05) is 6.61 Å². The van der Waals surface area contributed by atoms with Crippen LogP contribution in [0.5, 0.6) is 5.75 Å². The molecule has 0 unspecified atom stereocenters. The molecule has 3 nitrogen and oxygen atoms in total. The Balaban J connectivity index is 1.71. The van der Waals surface area contributed by atoms with Gasteiger partial charge >= 0.3 is 0 Å². The summed E-state index contributed by atoms with van der Waals surface area (Å²) in [6.45, 7) is 4.75. The summed E-state index contributed by atoms with van der Waals surface area (Å²) in [5.74, 6) is 1.29. The number of hydrogen-bond donors (Lipinski definition) is 0. The number of aryl methyl sites for hydroxylation is 1. The van der Waals surface area contributed by atoms with Crippen LogP contribution in [0.4, 0.5) is 4.39 Å². The maximum atomic E-state index is 13.8. The molecule has 2 aromatic rings. The third kappa shape index (κ3) is 9.69. The average molecular weight is 415 g/mol. The number of unbranched alkanes of at least 4 members (excludes halogenated alkanes) is 7. The molecule has 4 heteroatoms. The molecule has 1 aromatic heterocycles. The Hall–Kier alpha value is -1.97. The zero-order valence-electron chi connectivity index (χ0n) is 18.9. The van der Waals surface area contributed by atoms with Gasteiger partial charge in [0.25, 0.3) is 0 Å². The third-order valence-electron chi connectivity index (χ3n) is 5.48. The second-order valence-electron chi connectivity index (χ2n) is 8.19. The van der Waals surface area contributed by atoms with Gasteiger partial charge in [0.2, 0.25) is 0 Å². The summed E-state index contributed by atoms with van der Waals surface area (Å²) in [6.07, 6.45) is 15.8. The molecule has 0 aliphatic heterocycles. The van der Waals surface area contributed by atoms with E-state index in [1.807, 2.05) is 0 Å². The first kappa shape index (κ1) is 24.3. The van der Waals surface area contributed by atoms with Crippen molar-refractivity contribution >= 4 is 0 Å². The van der Waals surface area contributed by atoms with Gasteiger partial charge in [0.05, 0.1) is 19.0 Å². The van der Waals surface area contributed by atoms with Crippen molar-refractivity contribution in [2.24, 2.45) is 0 Å². The molecule has 166 valence electrons. The van der Waals surface area contributed by atoms with Crippen molar-refractivity contribution in [2.45, 2.75) is 97.1 Å². The number of alkyl halides is 1. The molecule has 0 bridgehead atoms. The van der Waals surface area contributed by atoms with E-state index in [2.05, 4.69) is 48.1 Å². The van der Waals surface area contributed by atoms with E-state index in [0.29, 0.717) is 31.0 Å². The molecule has 0 aliphatic rings. The van der Waals surface area contributed by atoms with Crippen LogP contribution in [0.25, 0.3) is 11.4 Å². The van der Waals surface area contributed by atoms with E-state index < -0.39 is 6.17 Å². The van der Waals surface area contributed by atoms with Gasteiger partial charge in [-0.15, -0.1) is 0 Å². The molecule has 30 heavy (non-hydrogen) atoms. The van der Waals surface area contributed by atoms with Gasteiger partial charge in [0.15, 0.2) is 11.6 Å². The summed E-state index contributed by atoms with van der Waals surface area (Å²) < 4.78 is 19.4. The Bertz CT molecular complexity index is 672. The van der Waals surface area contributed by atoms with Crippen LogP contribution in [-0.4, -0.2) is 22.7 Å². The highest BCUT2D eigenvalue weighted by atomic mass is 19.1. The Morgan fingerprint density at radius 3 is 2.13 bits per heavy atom. The van der Waals surface area contributed by atoms with Crippen LogP contribution in [0.15, 0.2) is 36.7 Å². The fourth-order valence-corrected chi connectivity index (χ4v) is 3.53. The predicted molar refractivity (Wildman–Crippen MR) is 124 cm³/mol. The van der Waals surface area contributed by atoms with E-state index in [1.54, 1.807) is 12.4 Å². The lowest BCUT2D eigenvalue weighted by atomic mass is 10.0. The van der Waals surface area contributed by atoms with Gasteiger partial charge in [-0.05, 0) is 24.8 Å². The van der Waals surface area contributed by atoms with Crippen molar-refractivity contribution in [3.8, 4) is 17.1 Å². The number of hydrogen-bond acceptors (Lipinski definition) is 3.